The standard InChI is InChI=1S/C20H19NO7.HNO3.Y/c22-18(23)9-12(10-28-20(25)26)21-19(24)27-11-17-15-7-3-1-5-13(15)14-6-2-4-8-16(14)17;2-1(3)4;/h1-8,12,17H,9-11H2,(H,21,24)(H,22,23)(H,25,26);(H,2,3,4);. The number of hydrogen-bond donors (Lipinski definition) is 4. The summed E-state index contributed by atoms with van der Waals surface area (Å²) in [5.74, 6) is -1.33. The van der Waals surface area contributed by atoms with Gasteiger partial charge >= 0.3 is 18.2 Å². The second-order valence-corrected chi connectivity index (χ2v) is 6.58. The van der Waals surface area contributed by atoms with Crippen molar-refractivity contribution in [3.63, 3.8) is 0 Å². The van der Waals surface area contributed by atoms with Crippen molar-refractivity contribution in [3.05, 3.63) is 69.8 Å². The molecule has 0 heterocycles. The molecule has 3 rings (SSSR count). The van der Waals surface area contributed by atoms with Crippen molar-refractivity contribution >= 4 is 18.2 Å². The average molecular weight is 537 g/mol. The summed E-state index contributed by atoms with van der Waals surface area (Å²) in [5.41, 5.74) is 4.28. The molecule has 1 unspecified atom stereocenters. The van der Waals surface area contributed by atoms with E-state index in [1.807, 2.05) is 48.5 Å². The fourth-order valence-electron chi connectivity index (χ4n) is 3.34. The Morgan fingerprint density at radius 3 is 1.94 bits per heavy atom. The molecule has 1 radical (unpaired) electrons. The number of amides is 1. The van der Waals surface area contributed by atoms with E-state index in [0.717, 1.165) is 22.3 Å². The smallest absolute Gasteiger partial charge is 0.481 e. The van der Waals surface area contributed by atoms with Crippen LogP contribution in [0.4, 0.5) is 9.59 Å². The summed E-state index contributed by atoms with van der Waals surface area (Å²) >= 11 is 0. The van der Waals surface area contributed by atoms with Crippen LogP contribution in [-0.2, 0) is 47.0 Å². The molecule has 2 aromatic rings. The minimum Gasteiger partial charge on any atom is -0.481 e. The summed E-state index contributed by atoms with van der Waals surface area (Å²) in [6, 6.07) is 14.7. The van der Waals surface area contributed by atoms with Gasteiger partial charge in [0.1, 0.15) is 13.2 Å². The summed E-state index contributed by atoms with van der Waals surface area (Å²) in [6.45, 7) is -0.411. The Labute approximate surface area is 212 Å². The molecule has 0 fully saturated rings. The van der Waals surface area contributed by atoms with E-state index in [0.29, 0.717) is 0 Å². The van der Waals surface area contributed by atoms with Crippen LogP contribution in [0.25, 0.3) is 11.1 Å². The van der Waals surface area contributed by atoms with Crippen molar-refractivity contribution in [2.75, 3.05) is 13.2 Å². The molecule has 13 heteroatoms. The Morgan fingerprint density at radius 2 is 1.48 bits per heavy atom. The molecule has 0 saturated carbocycles. The Hall–Kier alpha value is -3.25. The number of nitrogens with one attached hydrogen (secondary N) is 1. The van der Waals surface area contributed by atoms with E-state index in [-0.39, 0.29) is 45.2 Å². The van der Waals surface area contributed by atoms with Gasteiger partial charge in [-0.3, -0.25) is 4.79 Å². The first-order valence-corrected chi connectivity index (χ1v) is 9.21. The van der Waals surface area contributed by atoms with Crippen molar-refractivity contribution in [3.8, 4) is 11.1 Å². The van der Waals surface area contributed by atoms with E-state index in [1.165, 1.54) is 0 Å². The molecular weight excluding hydrogens is 517 g/mol. The summed E-state index contributed by atoms with van der Waals surface area (Å²) in [7, 11) is 0. The number of fused-ring (bicyclic) bond motifs is 3. The van der Waals surface area contributed by atoms with Gasteiger partial charge in [-0.25, -0.2) is 9.59 Å². The number of aliphatic carboxylic acids is 1. The van der Waals surface area contributed by atoms with Gasteiger partial charge in [-0.2, -0.15) is 0 Å². The second-order valence-electron chi connectivity index (χ2n) is 6.58. The van der Waals surface area contributed by atoms with Gasteiger partial charge in [0.2, 0.25) is 0 Å². The number of carbonyl (C=O) groups excluding carboxylic acids is 1. The van der Waals surface area contributed by atoms with Crippen LogP contribution in [0, 0.1) is 10.1 Å². The summed E-state index contributed by atoms with van der Waals surface area (Å²) < 4.78 is 9.67. The Bertz CT molecular complexity index is 951. The van der Waals surface area contributed by atoms with Gasteiger partial charge < -0.3 is 30.2 Å². The van der Waals surface area contributed by atoms with Crippen LogP contribution in [0.3, 0.4) is 0 Å². The van der Waals surface area contributed by atoms with Crippen molar-refractivity contribution < 1.29 is 77.1 Å². The van der Waals surface area contributed by atoms with E-state index in [9.17, 15) is 14.4 Å². The first-order chi connectivity index (χ1) is 15.2. The zero-order valence-electron chi connectivity index (χ0n) is 17.1. The first kappa shape index (κ1) is 27.8. The largest absolute Gasteiger partial charge is 0.505 e. The van der Waals surface area contributed by atoms with E-state index in [1.54, 1.807) is 0 Å². The number of ether oxygens (including phenoxy) is 2. The first-order valence-electron chi connectivity index (χ1n) is 9.21. The molecule has 2 aromatic carbocycles. The van der Waals surface area contributed by atoms with Crippen LogP contribution in [0.5, 0.6) is 0 Å². The van der Waals surface area contributed by atoms with Crippen LogP contribution in [0.2, 0.25) is 0 Å². The molecule has 0 aromatic heterocycles. The zero-order valence-corrected chi connectivity index (χ0v) is 20.0. The fraction of sp³-hybridized carbons (Fsp3) is 0.250. The molecule has 1 aliphatic carbocycles. The molecule has 33 heavy (non-hydrogen) atoms. The summed E-state index contributed by atoms with van der Waals surface area (Å²) in [5, 5.41) is 33.4. The minimum atomic E-state index is -1.55. The molecule has 0 bridgehead atoms. The number of nitrogens with zero attached hydrogens (tertiary/aromatic N) is 1. The molecule has 173 valence electrons. The van der Waals surface area contributed by atoms with Gasteiger partial charge in [0, 0.05) is 38.6 Å². The molecule has 4 N–H and O–H groups in total. The SMILES string of the molecule is O=C(O)CC(COC(=O)O)NC(=O)OCC1c2ccccc2-c2ccccc21.O=[N+]([O-])O.[Y]. The fourth-order valence-corrected chi connectivity index (χ4v) is 3.34. The maximum atomic E-state index is 12.1. The molecule has 1 amide bonds. The van der Waals surface area contributed by atoms with Crippen molar-refractivity contribution in [2.45, 2.75) is 18.4 Å². The Kier molecular flexibility index (Phi) is 11.2. The summed E-state index contributed by atoms with van der Waals surface area (Å²) in [6.07, 6.45) is -2.87. The maximum absolute atomic E-state index is 12.1. The van der Waals surface area contributed by atoms with Crippen molar-refractivity contribution in [1.82, 2.24) is 5.32 Å². The Morgan fingerprint density at radius 1 is 1.00 bits per heavy atom. The van der Waals surface area contributed by atoms with Gasteiger partial charge in [0.25, 0.3) is 5.09 Å². The molecule has 0 aliphatic heterocycles. The van der Waals surface area contributed by atoms with Crippen molar-refractivity contribution in [2.24, 2.45) is 0 Å². The van der Waals surface area contributed by atoms with E-state index >= 15 is 0 Å². The third-order valence-corrected chi connectivity index (χ3v) is 4.49. The van der Waals surface area contributed by atoms with Crippen LogP contribution < -0.4 is 5.32 Å². The van der Waals surface area contributed by atoms with E-state index in [2.05, 4.69) is 10.1 Å². The number of benzene rings is 2. The molecule has 1 aliphatic rings. The molecule has 0 saturated heterocycles. The molecule has 0 spiro atoms. The normalized spacial score (nSPS) is 11.9. The van der Waals surface area contributed by atoms with Gasteiger partial charge in [0.05, 0.1) is 12.5 Å². The number of carbonyl (C=O) groups is 3. The maximum Gasteiger partial charge on any atom is 0.505 e. The average Bonchev–Trinajstić information content (AvgIpc) is 3.03. The number of alkyl carbamates (subject to hydrolysis) is 1. The number of rotatable bonds is 7. The number of carboxylic acids is 1. The van der Waals surface area contributed by atoms with Gasteiger partial charge in [-0.15, -0.1) is 10.1 Å². The molecule has 12 nitrogen and oxygen atoms in total. The van der Waals surface area contributed by atoms with E-state index in [4.69, 9.17) is 30.3 Å². The van der Waals surface area contributed by atoms with Gasteiger partial charge in [-0.05, 0) is 22.3 Å². The van der Waals surface area contributed by atoms with Gasteiger partial charge in [0.15, 0.2) is 0 Å². The molecular formula is C20H20N2O10Y. The summed E-state index contributed by atoms with van der Waals surface area (Å²) in [4.78, 5) is 41.9. The van der Waals surface area contributed by atoms with Crippen molar-refractivity contribution in [1.29, 1.82) is 0 Å². The zero-order chi connectivity index (χ0) is 23.7. The molecule has 1 atom stereocenters. The quantitative estimate of drug-likeness (QED) is 0.233. The Balaban J connectivity index is 0.00000101. The van der Waals surface area contributed by atoms with Crippen LogP contribution in [-0.4, -0.2) is 58.0 Å². The van der Waals surface area contributed by atoms with E-state index < -0.39 is 42.4 Å². The third-order valence-electron chi connectivity index (χ3n) is 4.49. The third kappa shape index (κ3) is 8.66. The van der Waals surface area contributed by atoms with Crippen LogP contribution in [0.15, 0.2) is 48.5 Å². The monoisotopic (exact) mass is 537 g/mol. The number of carboxylic acid groups (broad SMARTS) is 2. The second kappa shape index (κ2) is 13.3. The van der Waals surface area contributed by atoms with Gasteiger partial charge in [-0.1, -0.05) is 48.5 Å². The predicted molar refractivity (Wildman–Crippen MR) is 107 cm³/mol. The number of hydrogen-bond acceptors (Lipinski definition) is 7. The van der Waals surface area contributed by atoms with Crippen LogP contribution in [0.1, 0.15) is 23.5 Å². The minimum absolute atomic E-state index is 0. The predicted octanol–water partition coefficient (Wildman–Crippen LogP) is 2.71. The topological polar surface area (TPSA) is 186 Å². The van der Waals surface area contributed by atoms with Crippen LogP contribution >= 0.6 is 0 Å².